The van der Waals surface area contributed by atoms with Crippen LogP contribution in [0.1, 0.15) is 27.2 Å². The topological polar surface area (TPSA) is 148 Å². The molecule has 0 spiro atoms. The molecule has 0 radical (unpaired) electrons. The van der Waals surface area contributed by atoms with Crippen molar-refractivity contribution in [3.05, 3.63) is 52.0 Å². The van der Waals surface area contributed by atoms with Crippen LogP contribution in [0.4, 0.5) is 0 Å². The van der Waals surface area contributed by atoms with Crippen LogP contribution in [0.2, 0.25) is 0 Å². The van der Waals surface area contributed by atoms with E-state index in [2.05, 4.69) is 20.9 Å². The highest BCUT2D eigenvalue weighted by Crippen LogP contribution is 2.29. The zero-order valence-electron chi connectivity index (χ0n) is 21.2. The Balaban J connectivity index is 1.70. The Morgan fingerprint density at radius 1 is 1.00 bits per heavy atom. The standard InChI is InChI=1S/C25H32N4O7S/c1-15-26-11-20(37-15)24(33)29-19(13-35-4)23(32)28-18(12-34-3)22(31)27-17(21(30)25(2)14-36-25)10-16-8-6-5-7-9-16/h5-9,11,17-19H,10,12-14H2,1-4H3,(H,27,31)(H,28,32)(H,29,33)/t17-,18-,19-,25-/m0/s1. The third-order valence-corrected chi connectivity index (χ3v) is 6.69. The van der Waals surface area contributed by atoms with E-state index in [4.69, 9.17) is 14.2 Å². The van der Waals surface area contributed by atoms with Gasteiger partial charge in [-0.3, -0.25) is 19.2 Å². The number of epoxide rings is 1. The molecule has 1 aliphatic heterocycles. The predicted octanol–water partition coefficient (Wildman–Crippen LogP) is 0.413. The van der Waals surface area contributed by atoms with E-state index in [9.17, 15) is 19.2 Å². The number of hydrogen-bond donors (Lipinski definition) is 3. The molecule has 4 atom stereocenters. The molecule has 1 aliphatic rings. The number of aryl methyl sites for hydroxylation is 1. The third kappa shape index (κ3) is 7.89. The van der Waals surface area contributed by atoms with Crippen molar-refractivity contribution in [3.8, 4) is 0 Å². The number of methoxy groups -OCH3 is 2. The van der Waals surface area contributed by atoms with Crippen LogP contribution in [0.3, 0.4) is 0 Å². The number of nitrogens with one attached hydrogen (secondary N) is 3. The molecule has 37 heavy (non-hydrogen) atoms. The molecule has 2 heterocycles. The van der Waals surface area contributed by atoms with Crippen LogP contribution in [-0.4, -0.2) is 86.3 Å². The minimum absolute atomic E-state index is 0.124. The van der Waals surface area contributed by atoms with Crippen molar-refractivity contribution in [2.24, 2.45) is 0 Å². The second kappa shape index (κ2) is 12.9. The van der Waals surface area contributed by atoms with Gasteiger partial charge in [0, 0.05) is 14.2 Å². The first-order valence-corrected chi connectivity index (χ1v) is 12.5. The number of hydrogen-bond acceptors (Lipinski definition) is 9. The van der Waals surface area contributed by atoms with Gasteiger partial charge in [0.15, 0.2) is 5.78 Å². The van der Waals surface area contributed by atoms with Crippen molar-refractivity contribution in [1.82, 2.24) is 20.9 Å². The van der Waals surface area contributed by atoms with Gasteiger partial charge >= 0.3 is 0 Å². The van der Waals surface area contributed by atoms with E-state index in [1.165, 1.54) is 31.8 Å². The summed E-state index contributed by atoms with van der Waals surface area (Å²) in [5.74, 6) is -1.98. The van der Waals surface area contributed by atoms with E-state index in [0.717, 1.165) is 5.56 Å². The molecule has 0 saturated carbocycles. The summed E-state index contributed by atoms with van der Waals surface area (Å²) in [6.45, 7) is 3.44. The molecule has 3 amide bonds. The summed E-state index contributed by atoms with van der Waals surface area (Å²) in [6.07, 6.45) is 1.68. The molecule has 3 N–H and O–H groups in total. The number of rotatable bonds is 14. The van der Waals surface area contributed by atoms with E-state index in [-0.39, 0.29) is 32.0 Å². The highest BCUT2D eigenvalue weighted by Gasteiger charge is 2.50. The van der Waals surface area contributed by atoms with Crippen LogP contribution >= 0.6 is 11.3 Å². The molecule has 0 aliphatic carbocycles. The molecule has 1 fully saturated rings. The first-order valence-electron chi connectivity index (χ1n) is 11.7. The molecule has 1 aromatic heterocycles. The Morgan fingerprint density at radius 3 is 2.08 bits per heavy atom. The summed E-state index contributed by atoms with van der Waals surface area (Å²) in [6, 6.07) is 6.20. The number of aromatic nitrogens is 1. The largest absolute Gasteiger partial charge is 0.382 e. The van der Waals surface area contributed by atoms with Crippen LogP contribution in [0, 0.1) is 6.92 Å². The third-order valence-electron chi connectivity index (χ3n) is 5.78. The molecule has 11 nitrogen and oxygen atoms in total. The molecular weight excluding hydrogens is 500 g/mol. The fraction of sp³-hybridized carbons (Fsp3) is 0.480. The lowest BCUT2D eigenvalue weighted by atomic mass is 9.94. The Bertz CT molecular complexity index is 1100. The average Bonchev–Trinajstić information content (AvgIpc) is 3.48. The Morgan fingerprint density at radius 2 is 1.57 bits per heavy atom. The minimum Gasteiger partial charge on any atom is -0.382 e. The maximum absolute atomic E-state index is 13.2. The number of carbonyl (C=O) groups excluding carboxylic acids is 4. The van der Waals surface area contributed by atoms with Crippen molar-refractivity contribution in [2.75, 3.05) is 34.0 Å². The number of benzene rings is 1. The molecule has 3 rings (SSSR count). The van der Waals surface area contributed by atoms with Gasteiger partial charge in [-0.2, -0.15) is 0 Å². The quantitative estimate of drug-likeness (QED) is 0.297. The summed E-state index contributed by atoms with van der Waals surface area (Å²) < 4.78 is 15.6. The number of amides is 3. The number of carbonyl (C=O) groups is 4. The van der Waals surface area contributed by atoms with Crippen molar-refractivity contribution in [3.63, 3.8) is 0 Å². The number of Topliss-reactive ketones (excluding diaryl/α,β-unsaturated/α-hetero) is 1. The summed E-state index contributed by atoms with van der Waals surface area (Å²) in [4.78, 5) is 56.3. The maximum atomic E-state index is 13.2. The van der Waals surface area contributed by atoms with Gasteiger partial charge in [-0.1, -0.05) is 30.3 Å². The Labute approximate surface area is 219 Å². The number of ketones is 1. The second-order valence-electron chi connectivity index (χ2n) is 8.88. The highest BCUT2D eigenvalue weighted by molar-refractivity contribution is 7.13. The maximum Gasteiger partial charge on any atom is 0.263 e. The predicted molar refractivity (Wildman–Crippen MR) is 135 cm³/mol. The summed E-state index contributed by atoms with van der Waals surface area (Å²) in [5.41, 5.74) is -0.0887. The van der Waals surface area contributed by atoms with Gasteiger partial charge in [-0.05, 0) is 25.8 Å². The molecule has 200 valence electrons. The first kappa shape index (κ1) is 28.4. The average molecular weight is 533 g/mol. The van der Waals surface area contributed by atoms with E-state index in [0.29, 0.717) is 9.88 Å². The summed E-state index contributed by atoms with van der Waals surface area (Å²) >= 11 is 1.19. The van der Waals surface area contributed by atoms with Crippen molar-refractivity contribution < 1.29 is 33.4 Å². The second-order valence-corrected chi connectivity index (χ2v) is 10.1. The molecule has 1 saturated heterocycles. The SMILES string of the molecule is COC[C@H](NC(=O)c1cnc(C)s1)C(=O)N[C@@H](COC)C(=O)N[C@@H](Cc1ccccc1)C(=O)[C@]1(C)CO1. The van der Waals surface area contributed by atoms with Crippen LogP contribution in [0.25, 0.3) is 0 Å². The van der Waals surface area contributed by atoms with Gasteiger partial charge in [0.25, 0.3) is 5.91 Å². The molecule has 2 aromatic rings. The van der Waals surface area contributed by atoms with E-state index >= 15 is 0 Å². The Hall–Kier alpha value is -3.19. The van der Waals surface area contributed by atoms with Crippen molar-refractivity contribution in [2.45, 2.75) is 44.0 Å². The molecule has 1 aromatic carbocycles. The monoisotopic (exact) mass is 532 g/mol. The number of thiazole rings is 1. The van der Waals surface area contributed by atoms with E-state index in [1.807, 2.05) is 30.3 Å². The van der Waals surface area contributed by atoms with Gasteiger partial charge in [0.1, 0.15) is 22.6 Å². The fourth-order valence-corrected chi connectivity index (χ4v) is 4.30. The van der Waals surface area contributed by atoms with Crippen LogP contribution in [0.15, 0.2) is 36.5 Å². The Kier molecular flexibility index (Phi) is 9.86. The summed E-state index contributed by atoms with van der Waals surface area (Å²) in [5, 5.41) is 8.67. The molecule has 0 bridgehead atoms. The van der Waals surface area contributed by atoms with Gasteiger partial charge in [0.2, 0.25) is 11.8 Å². The number of nitrogens with zero attached hydrogens (tertiary/aromatic N) is 1. The summed E-state index contributed by atoms with van der Waals surface area (Å²) in [7, 11) is 2.78. The lowest BCUT2D eigenvalue weighted by molar-refractivity contribution is -0.134. The van der Waals surface area contributed by atoms with Crippen molar-refractivity contribution >= 4 is 34.8 Å². The van der Waals surface area contributed by atoms with Gasteiger partial charge < -0.3 is 30.2 Å². The van der Waals surface area contributed by atoms with Gasteiger partial charge in [-0.25, -0.2) is 4.98 Å². The molecule has 0 unspecified atom stereocenters. The van der Waals surface area contributed by atoms with Gasteiger partial charge in [-0.15, -0.1) is 11.3 Å². The number of ether oxygens (including phenoxy) is 3. The smallest absolute Gasteiger partial charge is 0.263 e. The first-order chi connectivity index (χ1) is 17.7. The fourth-order valence-electron chi connectivity index (χ4n) is 3.62. The normalized spacial score (nSPS) is 18.8. The zero-order valence-corrected chi connectivity index (χ0v) is 22.1. The van der Waals surface area contributed by atoms with Crippen LogP contribution in [0.5, 0.6) is 0 Å². The highest BCUT2D eigenvalue weighted by atomic mass is 32.1. The van der Waals surface area contributed by atoms with E-state index < -0.39 is 41.4 Å². The van der Waals surface area contributed by atoms with Crippen LogP contribution in [-0.2, 0) is 35.0 Å². The molecule has 12 heteroatoms. The lowest BCUT2D eigenvalue weighted by Gasteiger charge is -2.25. The van der Waals surface area contributed by atoms with Crippen molar-refractivity contribution in [1.29, 1.82) is 0 Å². The minimum atomic E-state index is -1.13. The zero-order chi connectivity index (χ0) is 27.0. The van der Waals surface area contributed by atoms with Crippen LogP contribution < -0.4 is 16.0 Å². The van der Waals surface area contributed by atoms with E-state index in [1.54, 1.807) is 13.8 Å². The lowest BCUT2D eigenvalue weighted by Crippen LogP contribution is -2.59. The van der Waals surface area contributed by atoms with Gasteiger partial charge in [0.05, 0.1) is 37.1 Å². The molecular formula is C25H32N4O7S.